The van der Waals surface area contributed by atoms with E-state index in [9.17, 15) is 4.79 Å². The van der Waals surface area contributed by atoms with Gasteiger partial charge in [-0.3, -0.25) is 4.79 Å². The van der Waals surface area contributed by atoms with E-state index in [1.807, 2.05) is 0 Å². The topological polar surface area (TPSA) is 55.1 Å². The Hall–Kier alpha value is -0.570. The van der Waals surface area contributed by atoms with Crippen LogP contribution in [0.15, 0.2) is 0 Å². The zero-order valence-corrected chi connectivity index (χ0v) is 11.5. The van der Waals surface area contributed by atoms with E-state index in [2.05, 4.69) is 26.1 Å². The highest BCUT2D eigenvalue weighted by Gasteiger charge is 2.25. The van der Waals surface area contributed by atoms with Crippen LogP contribution in [0.25, 0.3) is 0 Å². The van der Waals surface area contributed by atoms with Crippen molar-refractivity contribution in [3.05, 3.63) is 0 Å². The molecule has 0 aromatic rings. The molecule has 0 bridgehead atoms. The van der Waals surface area contributed by atoms with E-state index < -0.39 is 0 Å². The summed E-state index contributed by atoms with van der Waals surface area (Å²) in [5.41, 5.74) is 5.67. The van der Waals surface area contributed by atoms with Gasteiger partial charge in [-0.1, -0.05) is 33.1 Å². The van der Waals surface area contributed by atoms with E-state index in [-0.39, 0.29) is 11.8 Å². The second kappa shape index (κ2) is 7.00. The van der Waals surface area contributed by atoms with Crippen LogP contribution in [0.5, 0.6) is 0 Å². The predicted octanol–water partition coefficient (Wildman–Crippen LogP) is 2.30. The second-order valence-electron chi connectivity index (χ2n) is 5.78. The largest absolute Gasteiger partial charge is 0.353 e. The molecule has 2 atom stereocenters. The minimum absolute atomic E-state index is 0.0407. The predicted molar refractivity (Wildman–Crippen MR) is 71.6 cm³/mol. The smallest absolute Gasteiger partial charge is 0.224 e. The fourth-order valence-electron chi connectivity index (χ4n) is 2.77. The number of hydrogen-bond donors (Lipinski definition) is 2. The molecule has 1 amide bonds. The van der Waals surface area contributed by atoms with Crippen LogP contribution in [-0.4, -0.2) is 18.5 Å². The molecule has 100 valence electrons. The quantitative estimate of drug-likeness (QED) is 0.774. The molecular formula is C14H28N2O. The van der Waals surface area contributed by atoms with Gasteiger partial charge < -0.3 is 11.1 Å². The first-order valence-corrected chi connectivity index (χ1v) is 7.06. The maximum Gasteiger partial charge on any atom is 0.224 e. The van der Waals surface area contributed by atoms with E-state index in [1.54, 1.807) is 0 Å². The van der Waals surface area contributed by atoms with E-state index >= 15 is 0 Å². The number of carbonyl (C=O) groups excluding carboxylic acids is 1. The van der Waals surface area contributed by atoms with Crippen LogP contribution in [0.4, 0.5) is 0 Å². The number of rotatable bonds is 5. The lowest BCUT2D eigenvalue weighted by molar-refractivity contribution is -0.127. The maximum atomic E-state index is 12.1. The molecule has 1 fully saturated rings. The minimum Gasteiger partial charge on any atom is -0.353 e. The summed E-state index contributed by atoms with van der Waals surface area (Å²) in [7, 11) is 0. The molecule has 0 aromatic heterocycles. The van der Waals surface area contributed by atoms with Crippen LogP contribution in [0.1, 0.15) is 52.9 Å². The summed E-state index contributed by atoms with van der Waals surface area (Å²) < 4.78 is 0. The Morgan fingerprint density at radius 1 is 1.24 bits per heavy atom. The SMILES string of the molecule is CC(C)C(CN)C(=O)NC(C)C1CCCCC1. The summed E-state index contributed by atoms with van der Waals surface area (Å²) in [5, 5.41) is 3.16. The molecule has 2 unspecified atom stereocenters. The molecule has 3 nitrogen and oxygen atoms in total. The Morgan fingerprint density at radius 2 is 1.82 bits per heavy atom. The molecule has 0 heterocycles. The van der Waals surface area contributed by atoms with Crippen LogP contribution in [0.2, 0.25) is 0 Å². The summed E-state index contributed by atoms with van der Waals surface area (Å²) in [4.78, 5) is 12.1. The Labute approximate surface area is 106 Å². The number of carbonyl (C=O) groups is 1. The van der Waals surface area contributed by atoms with Gasteiger partial charge in [-0.05, 0) is 31.6 Å². The highest BCUT2D eigenvalue weighted by atomic mass is 16.2. The molecule has 3 N–H and O–H groups in total. The Morgan fingerprint density at radius 3 is 2.29 bits per heavy atom. The molecule has 0 aromatic carbocycles. The van der Waals surface area contributed by atoms with Gasteiger partial charge in [0.15, 0.2) is 0 Å². The fourth-order valence-corrected chi connectivity index (χ4v) is 2.77. The van der Waals surface area contributed by atoms with Crippen LogP contribution in [0, 0.1) is 17.8 Å². The zero-order chi connectivity index (χ0) is 12.8. The van der Waals surface area contributed by atoms with E-state index in [4.69, 9.17) is 5.73 Å². The first-order valence-electron chi connectivity index (χ1n) is 7.06. The summed E-state index contributed by atoms with van der Waals surface area (Å²) in [6, 6.07) is 0.301. The molecule has 0 aliphatic heterocycles. The Bertz CT molecular complexity index is 234. The second-order valence-corrected chi connectivity index (χ2v) is 5.78. The van der Waals surface area contributed by atoms with Crippen LogP contribution < -0.4 is 11.1 Å². The van der Waals surface area contributed by atoms with Crippen molar-refractivity contribution in [3.63, 3.8) is 0 Å². The average Bonchev–Trinajstić information content (AvgIpc) is 2.30. The summed E-state index contributed by atoms with van der Waals surface area (Å²) in [6.45, 7) is 6.70. The molecule has 1 saturated carbocycles. The molecule has 3 heteroatoms. The van der Waals surface area contributed by atoms with Gasteiger partial charge in [-0.15, -0.1) is 0 Å². The molecular weight excluding hydrogens is 212 g/mol. The minimum atomic E-state index is -0.0407. The van der Waals surface area contributed by atoms with Crippen molar-refractivity contribution in [1.29, 1.82) is 0 Å². The van der Waals surface area contributed by atoms with Crippen LogP contribution >= 0.6 is 0 Å². The number of hydrogen-bond acceptors (Lipinski definition) is 2. The van der Waals surface area contributed by atoms with Crippen molar-refractivity contribution >= 4 is 5.91 Å². The lowest BCUT2D eigenvalue weighted by Crippen LogP contribution is -2.45. The highest BCUT2D eigenvalue weighted by molar-refractivity contribution is 5.79. The molecule has 1 rings (SSSR count). The summed E-state index contributed by atoms with van der Waals surface area (Å²) >= 11 is 0. The highest BCUT2D eigenvalue weighted by Crippen LogP contribution is 2.26. The maximum absolute atomic E-state index is 12.1. The van der Waals surface area contributed by atoms with Gasteiger partial charge in [0, 0.05) is 12.6 Å². The molecule has 17 heavy (non-hydrogen) atoms. The van der Waals surface area contributed by atoms with Gasteiger partial charge in [0.2, 0.25) is 5.91 Å². The van der Waals surface area contributed by atoms with Crippen LogP contribution in [-0.2, 0) is 4.79 Å². The monoisotopic (exact) mass is 240 g/mol. The van der Waals surface area contributed by atoms with Crippen molar-refractivity contribution in [2.24, 2.45) is 23.5 Å². The lowest BCUT2D eigenvalue weighted by atomic mass is 9.84. The first-order chi connectivity index (χ1) is 8.06. The summed E-state index contributed by atoms with van der Waals surface area (Å²) in [6.07, 6.45) is 6.51. The van der Waals surface area contributed by atoms with Gasteiger partial charge in [-0.25, -0.2) is 0 Å². The third-order valence-corrected chi connectivity index (χ3v) is 4.12. The van der Waals surface area contributed by atoms with Crippen molar-refractivity contribution < 1.29 is 4.79 Å². The fraction of sp³-hybridized carbons (Fsp3) is 0.929. The van der Waals surface area contributed by atoms with Crippen LogP contribution in [0.3, 0.4) is 0 Å². The lowest BCUT2D eigenvalue weighted by Gasteiger charge is -2.30. The van der Waals surface area contributed by atoms with Gasteiger partial charge in [0.25, 0.3) is 0 Å². The Balaban J connectivity index is 2.43. The molecule has 1 aliphatic rings. The van der Waals surface area contributed by atoms with E-state index in [0.29, 0.717) is 24.4 Å². The van der Waals surface area contributed by atoms with Gasteiger partial charge in [0.1, 0.15) is 0 Å². The van der Waals surface area contributed by atoms with Gasteiger partial charge >= 0.3 is 0 Å². The average molecular weight is 240 g/mol. The molecule has 0 spiro atoms. The van der Waals surface area contributed by atoms with Crippen molar-refractivity contribution in [2.75, 3.05) is 6.54 Å². The Kier molecular flexibility index (Phi) is 5.96. The van der Waals surface area contributed by atoms with Crippen molar-refractivity contribution in [2.45, 2.75) is 58.9 Å². The number of nitrogens with two attached hydrogens (primary N) is 1. The first kappa shape index (κ1) is 14.5. The van der Waals surface area contributed by atoms with Gasteiger partial charge in [0.05, 0.1) is 5.92 Å². The third-order valence-electron chi connectivity index (χ3n) is 4.12. The number of nitrogens with one attached hydrogen (secondary N) is 1. The molecule has 0 saturated heterocycles. The summed E-state index contributed by atoms with van der Waals surface area (Å²) in [5.74, 6) is 1.08. The normalized spacial score (nSPS) is 21.2. The van der Waals surface area contributed by atoms with E-state index in [1.165, 1.54) is 32.1 Å². The standard InChI is InChI=1S/C14H28N2O/c1-10(2)13(9-15)14(17)16-11(3)12-7-5-4-6-8-12/h10-13H,4-9,15H2,1-3H3,(H,16,17). The van der Waals surface area contributed by atoms with Crippen molar-refractivity contribution in [3.8, 4) is 0 Å². The zero-order valence-electron chi connectivity index (χ0n) is 11.5. The molecule has 1 aliphatic carbocycles. The molecule has 0 radical (unpaired) electrons. The van der Waals surface area contributed by atoms with E-state index in [0.717, 1.165) is 0 Å². The van der Waals surface area contributed by atoms with Gasteiger partial charge in [-0.2, -0.15) is 0 Å². The number of amides is 1. The third kappa shape index (κ3) is 4.30. The van der Waals surface area contributed by atoms with Crippen molar-refractivity contribution in [1.82, 2.24) is 5.32 Å².